The molecule has 0 aliphatic rings. The summed E-state index contributed by atoms with van der Waals surface area (Å²) in [5, 5.41) is 0.0764. The van der Waals surface area contributed by atoms with E-state index < -0.39 is 11.9 Å². The molecule has 3 rings (SSSR count). The molecule has 3 aromatic carbocycles. The Bertz CT molecular complexity index is 1010. The van der Waals surface area contributed by atoms with E-state index in [0.29, 0.717) is 18.5 Å². The van der Waals surface area contributed by atoms with Crippen LogP contribution in [0.15, 0.2) is 66.7 Å². The van der Waals surface area contributed by atoms with Gasteiger partial charge in [-0.3, -0.25) is 4.79 Å². The fourth-order valence-corrected chi connectivity index (χ4v) is 3.40. The first kappa shape index (κ1) is 21.0. The predicted molar refractivity (Wildman–Crippen MR) is 117 cm³/mol. The number of hydrogen-bond acceptors (Lipinski definition) is 2. The van der Waals surface area contributed by atoms with Crippen molar-refractivity contribution >= 4 is 23.2 Å². The van der Waals surface area contributed by atoms with Crippen LogP contribution in [-0.4, -0.2) is 12.5 Å². The van der Waals surface area contributed by atoms with Crippen LogP contribution in [0.3, 0.4) is 0 Å². The number of nitrogens with zero attached hydrogens (tertiary/aromatic N) is 1. The fourth-order valence-electron chi connectivity index (χ4n) is 3.20. The highest BCUT2D eigenvalue weighted by atomic mass is 35.5. The molecule has 0 radical (unpaired) electrons. The van der Waals surface area contributed by atoms with Gasteiger partial charge in [0, 0.05) is 12.2 Å². The third-order valence-corrected chi connectivity index (χ3v) is 5.42. The van der Waals surface area contributed by atoms with E-state index >= 15 is 0 Å². The molecule has 0 unspecified atom stereocenters. The van der Waals surface area contributed by atoms with E-state index in [1.165, 1.54) is 6.07 Å². The minimum atomic E-state index is -0.804. The zero-order valence-electron chi connectivity index (χ0n) is 16.5. The molecule has 5 heteroatoms. The van der Waals surface area contributed by atoms with Gasteiger partial charge in [0.2, 0.25) is 5.91 Å². The van der Waals surface area contributed by atoms with Gasteiger partial charge in [-0.05, 0) is 60.7 Å². The second-order valence-electron chi connectivity index (χ2n) is 7.11. The smallest absolute Gasteiger partial charge is 0.248 e. The van der Waals surface area contributed by atoms with Crippen LogP contribution >= 0.6 is 11.6 Å². The molecule has 1 atom stereocenters. The monoisotopic (exact) mass is 410 g/mol. The fraction of sp³-hybridized carbons (Fsp3) is 0.208. The van der Waals surface area contributed by atoms with Crippen molar-refractivity contribution < 1.29 is 9.18 Å². The van der Waals surface area contributed by atoms with Crippen molar-refractivity contribution in [3.05, 3.63) is 99.8 Å². The molecule has 0 bridgehead atoms. The summed E-state index contributed by atoms with van der Waals surface area (Å²) in [5.74, 6) is -0.684. The lowest BCUT2D eigenvalue weighted by Crippen LogP contribution is -2.40. The molecule has 2 N–H and O–H groups in total. The quantitative estimate of drug-likeness (QED) is 0.593. The highest BCUT2D eigenvalue weighted by Crippen LogP contribution is 2.24. The van der Waals surface area contributed by atoms with Crippen LogP contribution in [0.5, 0.6) is 0 Å². The zero-order chi connectivity index (χ0) is 21.0. The van der Waals surface area contributed by atoms with Gasteiger partial charge < -0.3 is 10.6 Å². The Balaban J connectivity index is 1.91. The van der Waals surface area contributed by atoms with Gasteiger partial charge in [-0.25, -0.2) is 4.39 Å². The maximum absolute atomic E-state index is 14.3. The number of carbonyl (C=O) groups is 1. The molecule has 0 saturated heterocycles. The van der Waals surface area contributed by atoms with Gasteiger partial charge in [0.1, 0.15) is 11.9 Å². The largest absolute Gasteiger partial charge is 0.316 e. The van der Waals surface area contributed by atoms with Crippen molar-refractivity contribution in [2.45, 2.75) is 26.3 Å². The average molecular weight is 411 g/mol. The Kier molecular flexibility index (Phi) is 6.68. The van der Waals surface area contributed by atoms with E-state index in [4.69, 9.17) is 17.3 Å². The van der Waals surface area contributed by atoms with Crippen LogP contribution in [0.4, 0.5) is 10.1 Å². The minimum absolute atomic E-state index is 0.0764. The SMILES string of the molecule is Cc1ccc(N(CCc2cccc(Cl)c2F)C(=O)[C@@H](N)c2ccccc2)cc1C. The number of rotatable bonds is 6. The number of carbonyl (C=O) groups excluding carboxylic acids is 1. The summed E-state index contributed by atoms with van der Waals surface area (Å²) in [6, 6.07) is 19.2. The van der Waals surface area contributed by atoms with Gasteiger partial charge in [-0.2, -0.15) is 0 Å². The molecule has 0 fully saturated rings. The van der Waals surface area contributed by atoms with E-state index in [1.54, 1.807) is 17.0 Å². The van der Waals surface area contributed by atoms with Crippen molar-refractivity contribution in [2.75, 3.05) is 11.4 Å². The van der Waals surface area contributed by atoms with Gasteiger partial charge >= 0.3 is 0 Å². The maximum Gasteiger partial charge on any atom is 0.248 e. The third kappa shape index (κ3) is 4.84. The molecule has 29 heavy (non-hydrogen) atoms. The summed E-state index contributed by atoms with van der Waals surface area (Å²) in [5.41, 5.74) is 10.4. The molecule has 3 aromatic rings. The Morgan fingerprint density at radius 1 is 1.03 bits per heavy atom. The lowest BCUT2D eigenvalue weighted by atomic mass is 10.0. The molecule has 0 heterocycles. The molecular formula is C24H24ClFN2O. The predicted octanol–water partition coefficient (Wildman–Crippen LogP) is 5.37. The van der Waals surface area contributed by atoms with Gasteiger partial charge in [0.15, 0.2) is 0 Å². The van der Waals surface area contributed by atoms with E-state index in [9.17, 15) is 9.18 Å². The number of halogens is 2. The maximum atomic E-state index is 14.3. The van der Waals surface area contributed by atoms with Gasteiger partial charge in [0.25, 0.3) is 0 Å². The molecular weight excluding hydrogens is 387 g/mol. The van der Waals surface area contributed by atoms with E-state index in [1.807, 2.05) is 62.4 Å². The van der Waals surface area contributed by atoms with E-state index in [2.05, 4.69) is 0 Å². The molecule has 1 amide bonds. The summed E-state index contributed by atoms with van der Waals surface area (Å²) < 4.78 is 14.3. The van der Waals surface area contributed by atoms with Crippen molar-refractivity contribution in [2.24, 2.45) is 5.73 Å². The summed E-state index contributed by atoms with van der Waals surface area (Å²) in [4.78, 5) is 14.9. The molecule has 0 aliphatic heterocycles. The zero-order valence-corrected chi connectivity index (χ0v) is 17.3. The number of hydrogen-bond donors (Lipinski definition) is 1. The first-order valence-corrected chi connectivity index (χ1v) is 9.88. The molecule has 0 saturated carbocycles. The first-order chi connectivity index (χ1) is 13.9. The Morgan fingerprint density at radius 3 is 2.45 bits per heavy atom. The van der Waals surface area contributed by atoms with Crippen LogP contribution in [0, 0.1) is 19.7 Å². The highest BCUT2D eigenvalue weighted by Gasteiger charge is 2.24. The van der Waals surface area contributed by atoms with Crippen molar-refractivity contribution in [1.29, 1.82) is 0 Å². The standard InChI is InChI=1S/C24H24ClFN2O/c1-16-11-12-20(15-17(16)2)28(14-13-18-9-6-10-21(25)22(18)26)24(29)23(27)19-7-4-3-5-8-19/h3-12,15,23H,13-14,27H2,1-2H3/t23-/m0/s1. The van der Waals surface area contributed by atoms with Gasteiger partial charge in [-0.1, -0.05) is 60.1 Å². The lowest BCUT2D eigenvalue weighted by Gasteiger charge is -2.27. The minimum Gasteiger partial charge on any atom is -0.316 e. The van der Waals surface area contributed by atoms with Crippen LogP contribution in [0.1, 0.15) is 28.3 Å². The molecule has 3 nitrogen and oxygen atoms in total. The highest BCUT2D eigenvalue weighted by molar-refractivity contribution is 6.30. The van der Waals surface area contributed by atoms with Crippen molar-refractivity contribution in [1.82, 2.24) is 0 Å². The Labute approximate surface area is 175 Å². The number of nitrogens with two attached hydrogens (primary N) is 1. The van der Waals surface area contributed by atoms with Crippen LogP contribution in [0.2, 0.25) is 5.02 Å². The number of amides is 1. The summed E-state index contributed by atoms with van der Waals surface area (Å²) in [7, 11) is 0. The van der Waals surface area contributed by atoms with Crippen LogP contribution < -0.4 is 10.6 Å². The molecule has 0 aromatic heterocycles. The third-order valence-electron chi connectivity index (χ3n) is 5.13. The second-order valence-corrected chi connectivity index (χ2v) is 7.52. The number of benzene rings is 3. The van der Waals surface area contributed by atoms with E-state index in [-0.39, 0.29) is 10.9 Å². The lowest BCUT2D eigenvalue weighted by molar-refractivity contribution is -0.120. The topological polar surface area (TPSA) is 46.3 Å². The molecule has 0 spiro atoms. The van der Waals surface area contributed by atoms with E-state index in [0.717, 1.165) is 22.4 Å². The van der Waals surface area contributed by atoms with Crippen LogP contribution in [0.25, 0.3) is 0 Å². The van der Waals surface area contributed by atoms with Crippen molar-refractivity contribution in [3.63, 3.8) is 0 Å². The summed E-state index contributed by atoms with van der Waals surface area (Å²) in [6.07, 6.45) is 0.326. The first-order valence-electron chi connectivity index (χ1n) is 9.50. The summed E-state index contributed by atoms with van der Waals surface area (Å²) >= 11 is 5.90. The number of anilines is 1. The normalized spacial score (nSPS) is 11.9. The number of aryl methyl sites for hydroxylation is 2. The van der Waals surface area contributed by atoms with Crippen LogP contribution in [-0.2, 0) is 11.2 Å². The average Bonchev–Trinajstić information content (AvgIpc) is 2.73. The second kappa shape index (κ2) is 9.21. The van der Waals surface area contributed by atoms with Crippen molar-refractivity contribution in [3.8, 4) is 0 Å². The molecule has 0 aliphatic carbocycles. The Morgan fingerprint density at radius 2 is 1.76 bits per heavy atom. The Hall–Kier alpha value is -2.69. The van der Waals surface area contributed by atoms with Gasteiger partial charge in [0.05, 0.1) is 5.02 Å². The summed E-state index contributed by atoms with van der Waals surface area (Å²) in [6.45, 7) is 4.30. The molecule has 150 valence electrons. The van der Waals surface area contributed by atoms with Gasteiger partial charge in [-0.15, -0.1) is 0 Å².